The third kappa shape index (κ3) is 7.85. The number of carboxylic acids is 1. The summed E-state index contributed by atoms with van der Waals surface area (Å²) >= 11 is 0. The van der Waals surface area contributed by atoms with Crippen molar-refractivity contribution in [3.8, 4) is 0 Å². The molecule has 2 heterocycles. The highest BCUT2D eigenvalue weighted by Crippen LogP contribution is 2.22. The molecule has 0 radical (unpaired) electrons. The molecule has 3 unspecified atom stereocenters. The van der Waals surface area contributed by atoms with E-state index in [4.69, 9.17) is 19.6 Å². The van der Waals surface area contributed by atoms with E-state index < -0.39 is 33.4 Å². The fraction of sp³-hybridized carbons (Fsp3) is 0.316. The summed E-state index contributed by atoms with van der Waals surface area (Å²) in [5.41, 5.74) is 1.16. The average Bonchev–Trinajstić information content (AvgIpc) is 3.40. The Hall–Kier alpha value is -2.30. The van der Waals surface area contributed by atoms with E-state index in [2.05, 4.69) is 4.98 Å². The molecule has 0 bridgehead atoms. The van der Waals surface area contributed by atoms with Crippen molar-refractivity contribution >= 4 is 25.9 Å². The maximum atomic E-state index is 10.0. The highest BCUT2D eigenvalue weighted by Gasteiger charge is 2.21. The number of carbonyl (C=O) groups is 1. The summed E-state index contributed by atoms with van der Waals surface area (Å²) in [7, 11) is -0.917. The zero-order valence-electron chi connectivity index (χ0n) is 16.3. The summed E-state index contributed by atoms with van der Waals surface area (Å²) < 4.78 is 7.37. The number of nitrogens with one attached hydrogen (secondary N) is 1. The van der Waals surface area contributed by atoms with Crippen molar-refractivity contribution in [2.45, 2.75) is 25.4 Å². The minimum Gasteiger partial charge on any atom is -0.477 e. The second-order valence-electron chi connectivity index (χ2n) is 6.01. The molecule has 0 saturated heterocycles. The van der Waals surface area contributed by atoms with Crippen LogP contribution in [0.15, 0.2) is 54.9 Å². The molecule has 0 saturated carbocycles. The maximum Gasteiger partial charge on any atom is 0.352 e. The van der Waals surface area contributed by atoms with Gasteiger partial charge in [-0.15, -0.1) is 0 Å². The summed E-state index contributed by atoms with van der Waals surface area (Å²) in [6.07, 6.45) is 1.23. The number of aromatic nitrogens is 2. The highest BCUT2D eigenvalue weighted by molar-refractivity contribution is 7.23. The van der Waals surface area contributed by atoms with E-state index in [1.54, 1.807) is 23.8 Å². The van der Waals surface area contributed by atoms with Gasteiger partial charge in [0.05, 0.1) is 24.8 Å². The minimum atomic E-state index is -0.921. The molecule has 0 aliphatic carbocycles. The number of aromatic carboxylic acids is 1. The van der Waals surface area contributed by atoms with Crippen LogP contribution in [-0.2, 0) is 4.74 Å². The molecule has 7 N–H and O–H groups in total. The molecule has 0 aliphatic rings. The van der Waals surface area contributed by atoms with Crippen LogP contribution in [0.5, 0.6) is 0 Å². The molecule has 3 atom stereocenters. The number of hydrogen-bond acceptors (Lipinski definition) is 7. The first-order valence-corrected chi connectivity index (χ1v) is 9.79. The van der Waals surface area contributed by atoms with E-state index in [1.165, 1.54) is 6.07 Å². The molecule has 10 nitrogen and oxygen atoms in total. The summed E-state index contributed by atoms with van der Waals surface area (Å²) in [4.78, 5) is 26.9. The number of aliphatic hydroxyl groups is 3. The lowest BCUT2D eigenvalue weighted by Crippen LogP contribution is -2.34. The minimum absolute atomic E-state index is 0.227. The van der Waals surface area contributed by atoms with Crippen LogP contribution in [0.4, 0.5) is 0 Å². The lowest BCUT2D eigenvalue weighted by molar-refractivity contribution is -0.131. The summed E-state index contributed by atoms with van der Waals surface area (Å²) in [6.45, 7) is 1.01. The second kappa shape index (κ2) is 13.8. The Kier molecular flexibility index (Phi) is 11.9. The van der Waals surface area contributed by atoms with Crippen molar-refractivity contribution in [2.75, 3.05) is 13.2 Å². The van der Waals surface area contributed by atoms with Crippen molar-refractivity contribution in [3.05, 3.63) is 60.6 Å². The van der Waals surface area contributed by atoms with Crippen LogP contribution in [-0.4, -0.2) is 71.2 Å². The smallest absolute Gasteiger partial charge is 0.352 e. The first-order valence-electron chi connectivity index (χ1n) is 8.90. The molecule has 0 spiro atoms. The molecule has 3 aromatic rings. The van der Waals surface area contributed by atoms with Crippen LogP contribution in [0.1, 0.15) is 23.6 Å². The molecular weight excluding hydrogens is 415 g/mol. The topological polar surface area (TPSA) is 168 Å². The van der Waals surface area contributed by atoms with Crippen LogP contribution in [0.25, 0.3) is 10.9 Å². The SMILES string of the molecule is CC(O)C(CO)OC(CO)n1ccc2ccccc21.O=C(O)c1ccc[nH]1.OPO. The summed E-state index contributed by atoms with van der Waals surface area (Å²) in [5.74, 6) is -0.921. The predicted octanol–water partition coefficient (Wildman–Crippen LogP) is 1.08. The van der Waals surface area contributed by atoms with Gasteiger partial charge in [-0.2, -0.15) is 0 Å². The Morgan fingerprint density at radius 3 is 2.27 bits per heavy atom. The van der Waals surface area contributed by atoms with E-state index >= 15 is 0 Å². The number of aromatic amines is 1. The second-order valence-corrected chi connectivity index (χ2v) is 6.21. The molecule has 1 aromatic carbocycles. The van der Waals surface area contributed by atoms with Gasteiger partial charge in [0.2, 0.25) is 0 Å². The lowest BCUT2D eigenvalue weighted by atomic mass is 10.2. The Balaban J connectivity index is 0.000000338. The normalized spacial score (nSPS) is 13.4. The number of benzene rings is 1. The molecule has 0 fully saturated rings. The first kappa shape index (κ1) is 25.7. The Labute approximate surface area is 174 Å². The summed E-state index contributed by atoms with van der Waals surface area (Å²) in [5, 5.41) is 37.4. The van der Waals surface area contributed by atoms with Gasteiger partial charge >= 0.3 is 5.97 Å². The van der Waals surface area contributed by atoms with Gasteiger partial charge in [-0.05, 0) is 36.6 Å². The number of fused-ring (bicyclic) bond motifs is 1. The van der Waals surface area contributed by atoms with E-state index in [-0.39, 0.29) is 18.9 Å². The average molecular weight is 442 g/mol. The van der Waals surface area contributed by atoms with Gasteiger partial charge in [-0.3, -0.25) is 0 Å². The lowest BCUT2D eigenvalue weighted by Gasteiger charge is -2.25. The van der Waals surface area contributed by atoms with Gasteiger partial charge in [0.1, 0.15) is 20.8 Å². The van der Waals surface area contributed by atoms with Crippen LogP contribution in [0.2, 0.25) is 0 Å². The third-order valence-electron chi connectivity index (χ3n) is 3.97. The van der Waals surface area contributed by atoms with Gasteiger partial charge in [-0.1, -0.05) is 18.2 Å². The summed E-state index contributed by atoms with van der Waals surface area (Å²) in [6, 6.07) is 12.8. The van der Waals surface area contributed by atoms with Crippen molar-refractivity contribution in [1.82, 2.24) is 9.55 Å². The quantitative estimate of drug-likeness (QED) is 0.267. The third-order valence-corrected chi connectivity index (χ3v) is 3.97. The van der Waals surface area contributed by atoms with Crippen LogP contribution in [0, 0.1) is 0 Å². The molecular formula is C19H27N2O8P. The maximum absolute atomic E-state index is 10.0. The first-order chi connectivity index (χ1) is 14.4. The van der Waals surface area contributed by atoms with Crippen LogP contribution in [0.3, 0.4) is 0 Å². The number of para-hydroxylation sites is 1. The van der Waals surface area contributed by atoms with Crippen LogP contribution >= 0.6 is 9.03 Å². The standard InChI is InChI=1S/C14H19NO4.C5H5NO2.H3O2P/c1-10(18)13(8-16)19-14(9-17)15-7-6-11-4-2-3-5-12(11)15;7-5(8)4-2-1-3-6-4;1-3-2/h2-7,10,13-14,16-18H,8-9H2,1H3;1-3,6H,(H,7,8);1-3H. The van der Waals surface area contributed by atoms with Crippen molar-refractivity contribution in [1.29, 1.82) is 0 Å². The van der Waals surface area contributed by atoms with E-state index in [9.17, 15) is 20.1 Å². The Morgan fingerprint density at radius 2 is 1.80 bits per heavy atom. The van der Waals surface area contributed by atoms with E-state index in [1.807, 2.05) is 36.5 Å². The monoisotopic (exact) mass is 442 g/mol. The molecule has 0 aliphatic heterocycles. The van der Waals surface area contributed by atoms with Crippen molar-refractivity contribution in [2.24, 2.45) is 0 Å². The van der Waals surface area contributed by atoms with Gasteiger partial charge < -0.3 is 44.5 Å². The molecule has 30 heavy (non-hydrogen) atoms. The fourth-order valence-electron chi connectivity index (χ4n) is 2.53. The number of hydrogen-bond donors (Lipinski definition) is 7. The molecule has 3 rings (SSSR count). The van der Waals surface area contributed by atoms with Gasteiger partial charge in [-0.25, -0.2) is 4.79 Å². The van der Waals surface area contributed by atoms with Gasteiger partial charge in [0.25, 0.3) is 0 Å². The Bertz CT molecular complexity index is 853. The van der Waals surface area contributed by atoms with Crippen molar-refractivity contribution in [3.63, 3.8) is 0 Å². The number of carboxylic acid groups (broad SMARTS) is 1. The number of nitrogens with zero attached hydrogens (tertiary/aromatic N) is 1. The Morgan fingerprint density at radius 1 is 1.13 bits per heavy atom. The number of H-pyrrole nitrogens is 1. The zero-order valence-corrected chi connectivity index (χ0v) is 17.3. The number of ether oxygens (including phenoxy) is 1. The van der Waals surface area contributed by atoms with E-state index in [0.717, 1.165) is 10.9 Å². The van der Waals surface area contributed by atoms with Crippen LogP contribution < -0.4 is 0 Å². The predicted molar refractivity (Wildman–Crippen MR) is 112 cm³/mol. The van der Waals surface area contributed by atoms with Gasteiger partial charge in [0.15, 0.2) is 6.23 Å². The van der Waals surface area contributed by atoms with Gasteiger partial charge in [0, 0.05) is 12.4 Å². The molecule has 11 heteroatoms. The zero-order chi connectivity index (χ0) is 22.5. The van der Waals surface area contributed by atoms with E-state index in [0.29, 0.717) is 0 Å². The number of rotatable bonds is 7. The molecule has 2 aromatic heterocycles. The molecule has 166 valence electrons. The molecule has 0 amide bonds. The van der Waals surface area contributed by atoms with Crippen molar-refractivity contribution < 1.29 is 39.7 Å². The number of aliphatic hydroxyl groups excluding tert-OH is 3. The fourth-order valence-corrected chi connectivity index (χ4v) is 2.53. The largest absolute Gasteiger partial charge is 0.477 e. The highest BCUT2D eigenvalue weighted by atomic mass is 31.1.